The van der Waals surface area contributed by atoms with Gasteiger partial charge in [-0.25, -0.2) is 15.0 Å². The van der Waals surface area contributed by atoms with Crippen LogP contribution in [0.3, 0.4) is 0 Å². The fraction of sp³-hybridized carbons (Fsp3) is 0. The Balaban J connectivity index is 1.07. The van der Waals surface area contributed by atoms with E-state index in [4.69, 9.17) is 15.0 Å². The van der Waals surface area contributed by atoms with Crippen molar-refractivity contribution >= 4 is 31.5 Å². The van der Waals surface area contributed by atoms with Crippen molar-refractivity contribution in [1.29, 1.82) is 0 Å². The summed E-state index contributed by atoms with van der Waals surface area (Å²) in [5, 5.41) is 2.54. The minimum absolute atomic E-state index is 0.649. The van der Waals surface area contributed by atoms with Crippen molar-refractivity contribution in [2.24, 2.45) is 0 Å². The summed E-state index contributed by atoms with van der Waals surface area (Å²) in [6, 6.07) is 70.6. The van der Waals surface area contributed by atoms with Crippen LogP contribution >= 0.6 is 11.3 Å². The summed E-state index contributed by atoms with van der Waals surface area (Å²) in [6.07, 6.45) is 0. The van der Waals surface area contributed by atoms with Crippen molar-refractivity contribution in [1.82, 2.24) is 15.0 Å². The predicted molar refractivity (Wildman–Crippen MR) is 231 cm³/mol. The van der Waals surface area contributed by atoms with E-state index in [0.717, 1.165) is 22.3 Å². The standard InChI is InChI=1S/C51H33N3S/c1-5-14-34(15-6-1)35-24-26-36(27-25-35)42-32-45(37-16-7-2-8-17-37)48-46(33-42)44-23-13-22-43(47(44)55-48)38-28-30-41(31-29-38)51-53-49(39-18-9-3-10-19-39)52-50(54-51)40-20-11-4-12-21-40/h1-33H. The second kappa shape index (κ2) is 14.1. The highest BCUT2D eigenvalue weighted by Gasteiger charge is 2.17. The number of fused-ring (bicyclic) bond motifs is 3. The Morgan fingerprint density at radius 2 is 0.636 bits per heavy atom. The monoisotopic (exact) mass is 719 g/mol. The van der Waals surface area contributed by atoms with E-state index in [0.29, 0.717) is 17.5 Å². The lowest BCUT2D eigenvalue weighted by Crippen LogP contribution is -2.00. The molecule has 55 heavy (non-hydrogen) atoms. The number of benzene rings is 8. The topological polar surface area (TPSA) is 38.7 Å². The maximum atomic E-state index is 4.95. The van der Waals surface area contributed by atoms with Crippen molar-refractivity contribution in [3.8, 4) is 78.7 Å². The van der Waals surface area contributed by atoms with Crippen LogP contribution in [0.25, 0.3) is 98.8 Å². The number of aromatic nitrogens is 3. The summed E-state index contributed by atoms with van der Waals surface area (Å²) in [7, 11) is 0. The fourth-order valence-electron chi connectivity index (χ4n) is 7.35. The highest BCUT2D eigenvalue weighted by Crippen LogP contribution is 2.46. The zero-order valence-electron chi connectivity index (χ0n) is 29.8. The largest absolute Gasteiger partial charge is 0.208 e. The Morgan fingerprint density at radius 3 is 1.18 bits per heavy atom. The SMILES string of the molecule is c1ccc(-c2ccc(-c3cc(-c4ccccc4)c4sc5c(-c6ccc(-c7nc(-c8ccccc8)nc(-c8ccccc8)n7)cc6)cccc5c4c3)cc2)cc1. The van der Waals surface area contributed by atoms with Crippen molar-refractivity contribution in [2.75, 3.05) is 0 Å². The first-order chi connectivity index (χ1) is 27.2. The Labute approximate surface area is 323 Å². The van der Waals surface area contributed by atoms with E-state index >= 15 is 0 Å². The molecule has 0 amide bonds. The van der Waals surface area contributed by atoms with Crippen LogP contribution in [0.15, 0.2) is 200 Å². The summed E-state index contributed by atoms with van der Waals surface area (Å²) in [4.78, 5) is 14.8. The van der Waals surface area contributed by atoms with Gasteiger partial charge in [0.15, 0.2) is 17.5 Å². The summed E-state index contributed by atoms with van der Waals surface area (Å²) < 4.78 is 2.57. The Kier molecular flexibility index (Phi) is 8.36. The minimum atomic E-state index is 0.649. The molecule has 8 aromatic carbocycles. The van der Waals surface area contributed by atoms with Crippen molar-refractivity contribution in [3.63, 3.8) is 0 Å². The first-order valence-electron chi connectivity index (χ1n) is 18.4. The van der Waals surface area contributed by atoms with Crippen LogP contribution in [-0.4, -0.2) is 15.0 Å². The third kappa shape index (κ3) is 6.29. The molecule has 0 atom stereocenters. The van der Waals surface area contributed by atoms with Gasteiger partial charge in [0.1, 0.15) is 0 Å². The molecule has 0 fully saturated rings. The fourth-order valence-corrected chi connectivity index (χ4v) is 8.70. The third-order valence-electron chi connectivity index (χ3n) is 10.2. The second-order valence-electron chi connectivity index (χ2n) is 13.6. The van der Waals surface area contributed by atoms with Gasteiger partial charge in [0.2, 0.25) is 0 Å². The van der Waals surface area contributed by atoms with Gasteiger partial charge in [-0.3, -0.25) is 0 Å². The summed E-state index contributed by atoms with van der Waals surface area (Å²) in [5.74, 6) is 1.96. The molecule has 0 bridgehead atoms. The first-order valence-corrected chi connectivity index (χ1v) is 19.3. The van der Waals surface area contributed by atoms with Gasteiger partial charge in [-0.05, 0) is 51.1 Å². The maximum Gasteiger partial charge on any atom is 0.164 e. The quantitative estimate of drug-likeness (QED) is 0.165. The van der Waals surface area contributed by atoms with Crippen LogP contribution in [-0.2, 0) is 0 Å². The molecule has 4 heteroatoms. The Morgan fingerprint density at radius 1 is 0.255 bits per heavy atom. The number of hydrogen-bond acceptors (Lipinski definition) is 4. The normalized spacial score (nSPS) is 11.3. The van der Waals surface area contributed by atoms with Crippen LogP contribution in [0.5, 0.6) is 0 Å². The molecule has 0 spiro atoms. The molecule has 0 unspecified atom stereocenters. The molecule has 258 valence electrons. The van der Waals surface area contributed by atoms with Crippen LogP contribution in [0.1, 0.15) is 0 Å². The van der Waals surface area contributed by atoms with E-state index in [1.165, 1.54) is 59.1 Å². The Bertz CT molecular complexity index is 2870. The molecule has 0 aliphatic heterocycles. The van der Waals surface area contributed by atoms with Crippen molar-refractivity contribution in [2.45, 2.75) is 0 Å². The molecule has 3 nitrogen and oxygen atoms in total. The minimum Gasteiger partial charge on any atom is -0.208 e. The second-order valence-corrected chi connectivity index (χ2v) is 14.6. The molecule has 0 saturated carbocycles. The van der Waals surface area contributed by atoms with Crippen LogP contribution in [0.4, 0.5) is 0 Å². The number of rotatable bonds is 7. The van der Waals surface area contributed by atoms with Gasteiger partial charge >= 0.3 is 0 Å². The lowest BCUT2D eigenvalue weighted by Gasteiger charge is -2.10. The van der Waals surface area contributed by atoms with Gasteiger partial charge in [-0.2, -0.15) is 0 Å². The van der Waals surface area contributed by atoms with Crippen LogP contribution in [0.2, 0.25) is 0 Å². The van der Waals surface area contributed by atoms with E-state index in [2.05, 4.69) is 140 Å². The lowest BCUT2D eigenvalue weighted by atomic mass is 9.94. The smallest absolute Gasteiger partial charge is 0.164 e. The average molecular weight is 720 g/mol. The summed E-state index contributed by atoms with van der Waals surface area (Å²) in [5.41, 5.74) is 12.5. The zero-order chi connectivity index (χ0) is 36.6. The summed E-state index contributed by atoms with van der Waals surface area (Å²) >= 11 is 1.87. The lowest BCUT2D eigenvalue weighted by molar-refractivity contribution is 1.07. The van der Waals surface area contributed by atoms with Gasteiger partial charge in [0.05, 0.1) is 0 Å². The maximum absolute atomic E-state index is 4.95. The van der Waals surface area contributed by atoms with Gasteiger partial charge in [-0.1, -0.05) is 188 Å². The average Bonchev–Trinajstić information content (AvgIpc) is 3.66. The molecule has 0 radical (unpaired) electrons. The first kappa shape index (κ1) is 32.6. The van der Waals surface area contributed by atoms with E-state index in [1.54, 1.807) is 0 Å². The molecule has 0 N–H and O–H groups in total. The van der Waals surface area contributed by atoms with E-state index in [-0.39, 0.29) is 0 Å². The highest BCUT2D eigenvalue weighted by molar-refractivity contribution is 7.26. The molecule has 10 aromatic rings. The zero-order valence-corrected chi connectivity index (χ0v) is 30.6. The van der Waals surface area contributed by atoms with E-state index < -0.39 is 0 Å². The molecular weight excluding hydrogens is 687 g/mol. The summed E-state index contributed by atoms with van der Waals surface area (Å²) in [6.45, 7) is 0. The van der Waals surface area contributed by atoms with Gasteiger partial charge in [0, 0.05) is 42.4 Å². The van der Waals surface area contributed by atoms with Gasteiger partial charge in [-0.15, -0.1) is 11.3 Å². The molecule has 2 heterocycles. The van der Waals surface area contributed by atoms with Gasteiger partial charge < -0.3 is 0 Å². The van der Waals surface area contributed by atoms with Crippen molar-refractivity contribution in [3.05, 3.63) is 200 Å². The molecule has 0 aliphatic rings. The van der Waals surface area contributed by atoms with Crippen molar-refractivity contribution < 1.29 is 0 Å². The van der Waals surface area contributed by atoms with Crippen LogP contribution < -0.4 is 0 Å². The highest BCUT2D eigenvalue weighted by atomic mass is 32.1. The third-order valence-corrected chi connectivity index (χ3v) is 11.4. The van der Waals surface area contributed by atoms with Crippen LogP contribution in [0, 0.1) is 0 Å². The number of nitrogens with zero attached hydrogens (tertiary/aromatic N) is 3. The molecule has 2 aromatic heterocycles. The number of thiophene rings is 1. The predicted octanol–water partition coefficient (Wildman–Crippen LogP) is 13.9. The molecule has 0 saturated heterocycles. The molecular formula is C51H33N3S. The Hall–Kier alpha value is -7.01. The number of hydrogen-bond donors (Lipinski definition) is 0. The van der Waals surface area contributed by atoms with E-state index in [1.807, 2.05) is 72.0 Å². The molecule has 0 aliphatic carbocycles. The molecule has 10 rings (SSSR count). The van der Waals surface area contributed by atoms with Gasteiger partial charge in [0.25, 0.3) is 0 Å². The van der Waals surface area contributed by atoms with E-state index in [9.17, 15) is 0 Å².